The molecule has 0 atom stereocenters. The van der Waals surface area contributed by atoms with E-state index in [9.17, 15) is 8.42 Å². The molecule has 1 aromatic rings. The summed E-state index contributed by atoms with van der Waals surface area (Å²) < 4.78 is 23.3. The molecule has 1 rings (SSSR count). The van der Waals surface area contributed by atoms with Crippen LogP contribution in [0.2, 0.25) is 0 Å². The Morgan fingerprint density at radius 1 is 1.17 bits per heavy atom. The van der Waals surface area contributed by atoms with Crippen LogP contribution in [0.4, 0.5) is 5.69 Å². The molecule has 0 radical (unpaired) electrons. The molecule has 0 aromatic heterocycles. The molecule has 0 saturated carbocycles. The van der Waals surface area contributed by atoms with Crippen molar-refractivity contribution in [3.8, 4) is 0 Å². The Morgan fingerprint density at radius 2 is 1.67 bits per heavy atom. The highest BCUT2D eigenvalue weighted by Gasteiger charge is 2.21. The van der Waals surface area contributed by atoms with Crippen LogP contribution in [0.1, 0.15) is 13.8 Å². The van der Waals surface area contributed by atoms with Crippen LogP contribution in [0.3, 0.4) is 0 Å². The summed E-state index contributed by atoms with van der Waals surface area (Å²) in [5.41, 5.74) is 0.391. The van der Waals surface area contributed by atoms with Gasteiger partial charge in [-0.05, 0) is 31.2 Å². The monoisotopic (exact) mass is 309 g/mol. The Bertz CT molecular complexity index is 481. The molecule has 0 saturated heterocycles. The predicted octanol–water partition coefficient (Wildman–Crippen LogP) is 3.13. The summed E-state index contributed by atoms with van der Waals surface area (Å²) in [6, 6.07) is 6.62. The van der Waals surface area contributed by atoms with Gasteiger partial charge in [-0.25, -0.2) is 8.42 Å². The number of halogens is 2. The second-order valence-corrected chi connectivity index (χ2v) is 7.19. The van der Waals surface area contributed by atoms with Gasteiger partial charge in [-0.2, -0.15) is 0 Å². The first-order valence-electron chi connectivity index (χ1n) is 5.60. The molecule has 0 bridgehead atoms. The van der Waals surface area contributed by atoms with Gasteiger partial charge in [0.1, 0.15) is 0 Å². The Balaban J connectivity index is 2.91. The summed E-state index contributed by atoms with van der Waals surface area (Å²) in [5, 5.41) is 3.19. The van der Waals surface area contributed by atoms with Crippen LogP contribution in [0.15, 0.2) is 29.2 Å². The van der Waals surface area contributed by atoms with Crippen LogP contribution in [0.25, 0.3) is 0 Å². The largest absolute Gasteiger partial charge is 0.377 e. The van der Waals surface area contributed by atoms with Crippen molar-refractivity contribution in [1.82, 2.24) is 0 Å². The Hall–Kier alpha value is -0.450. The van der Waals surface area contributed by atoms with Crippen LogP contribution in [-0.2, 0) is 9.84 Å². The summed E-state index contributed by atoms with van der Waals surface area (Å²) >= 11 is 11.7. The molecule has 6 heteroatoms. The average Bonchev–Trinajstić information content (AvgIpc) is 2.39. The van der Waals surface area contributed by atoms with E-state index in [0.717, 1.165) is 5.69 Å². The van der Waals surface area contributed by atoms with Gasteiger partial charge < -0.3 is 5.32 Å². The summed E-state index contributed by atoms with van der Waals surface area (Å²) in [6.07, 6.45) is 0. The summed E-state index contributed by atoms with van der Waals surface area (Å²) in [4.78, 5) is 0.328. The molecule has 0 aliphatic rings. The van der Waals surface area contributed by atoms with Crippen LogP contribution < -0.4 is 5.32 Å². The number of hydrogen-bond acceptors (Lipinski definition) is 3. The summed E-state index contributed by atoms with van der Waals surface area (Å²) in [7, 11) is -3.15. The summed E-state index contributed by atoms with van der Waals surface area (Å²) in [6.45, 7) is 3.53. The maximum atomic E-state index is 11.6. The predicted molar refractivity (Wildman–Crippen MR) is 77.6 cm³/mol. The van der Waals surface area contributed by atoms with Gasteiger partial charge in [0.05, 0.1) is 16.2 Å². The first-order chi connectivity index (χ1) is 8.37. The molecule has 0 amide bonds. The first-order valence-corrected chi connectivity index (χ1v) is 8.32. The van der Waals surface area contributed by atoms with E-state index in [0.29, 0.717) is 16.7 Å². The fourth-order valence-corrected chi connectivity index (χ4v) is 2.67. The second kappa shape index (κ2) is 6.13. The highest BCUT2D eigenvalue weighted by Crippen LogP contribution is 2.20. The van der Waals surface area contributed by atoms with Gasteiger partial charge in [-0.3, -0.25) is 0 Å². The van der Waals surface area contributed by atoms with E-state index in [-0.39, 0.29) is 5.75 Å². The van der Waals surface area contributed by atoms with Gasteiger partial charge in [-0.15, -0.1) is 23.2 Å². The zero-order valence-corrected chi connectivity index (χ0v) is 12.7. The van der Waals surface area contributed by atoms with Gasteiger partial charge in [-0.1, -0.05) is 6.92 Å². The van der Waals surface area contributed by atoms with E-state index in [1.807, 2.05) is 6.92 Å². The highest BCUT2D eigenvalue weighted by molar-refractivity contribution is 7.91. The van der Waals surface area contributed by atoms with E-state index in [4.69, 9.17) is 23.2 Å². The first kappa shape index (κ1) is 15.6. The number of alkyl halides is 2. The minimum absolute atomic E-state index is 0.0981. The van der Waals surface area contributed by atoms with Crippen LogP contribution >= 0.6 is 23.2 Å². The topological polar surface area (TPSA) is 46.2 Å². The van der Waals surface area contributed by atoms with Crippen LogP contribution in [0.5, 0.6) is 0 Å². The van der Waals surface area contributed by atoms with Crippen molar-refractivity contribution in [2.45, 2.75) is 24.3 Å². The fourth-order valence-electron chi connectivity index (χ4n) is 1.36. The van der Waals surface area contributed by atoms with Crippen molar-refractivity contribution < 1.29 is 8.42 Å². The third-order valence-electron chi connectivity index (χ3n) is 2.63. The van der Waals surface area contributed by atoms with Crippen LogP contribution in [0, 0.1) is 0 Å². The lowest BCUT2D eigenvalue weighted by Crippen LogP contribution is -2.38. The Labute approximate surface area is 118 Å². The normalized spacial score (nSPS) is 12.4. The maximum absolute atomic E-state index is 11.6. The maximum Gasteiger partial charge on any atom is 0.178 e. The molecule has 0 unspecified atom stereocenters. The lowest BCUT2D eigenvalue weighted by molar-refractivity contribution is 0.597. The van der Waals surface area contributed by atoms with Gasteiger partial charge in [0.25, 0.3) is 0 Å². The van der Waals surface area contributed by atoms with E-state index in [2.05, 4.69) is 5.32 Å². The third-order valence-corrected chi connectivity index (χ3v) is 5.56. The number of sulfone groups is 1. The molecule has 0 aliphatic heterocycles. The second-order valence-electron chi connectivity index (χ2n) is 4.38. The molecule has 0 spiro atoms. The van der Waals surface area contributed by atoms with Gasteiger partial charge in [0, 0.05) is 17.4 Å². The molecule has 0 fully saturated rings. The SMILES string of the molecule is CCS(=O)(=O)c1ccc(NC(C)(CCl)CCl)cc1. The molecule has 18 heavy (non-hydrogen) atoms. The van der Waals surface area contributed by atoms with Crippen LogP contribution in [-0.4, -0.2) is 31.5 Å². The molecule has 1 N–H and O–H groups in total. The van der Waals surface area contributed by atoms with Crippen molar-refractivity contribution in [2.24, 2.45) is 0 Å². The van der Waals surface area contributed by atoms with Crippen molar-refractivity contribution in [3.05, 3.63) is 24.3 Å². The zero-order chi connectivity index (χ0) is 13.8. The minimum Gasteiger partial charge on any atom is -0.377 e. The Morgan fingerprint density at radius 3 is 2.06 bits per heavy atom. The van der Waals surface area contributed by atoms with E-state index < -0.39 is 15.4 Å². The van der Waals surface area contributed by atoms with Gasteiger partial charge in [0.2, 0.25) is 0 Å². The number of rotatable bonds is 6. The fraction of sp³-hybridized carbons (Fsp3) is 0.500. The number of hydrogen-bond donors (Lipinski definition) is 1. The van der Waals surface area contributed by atoms with E-state index >= 15 is 0 Å². The molecule has 0 heterocycles. The molecule has 0 aliphatic carbocycles. The van der Waals surface area contributed by atoms with Crippen molar-refractivity contribution in [1.29, 1.82) is 0 Å². The number of nitrogens with one attached hydrogen (secondary N) is 1. The third kappa shape index (κ3) is 3.77. The minimum atomic E-state index is -3.15. The van der Waals surface area contributed by atoms with Gasteiger partial charge in [0.15, 0.2) is 9.84 Å². The molecular formula is C12H17Cl2NO2S. The molecular weight excluding hydrogens is 293 g/mol. The molecule has 1 aromatic carbocycles. The lowest BCUT2D eigenvalue weighted by atomic mass is 10.1. The standard InChI is InChI=1S/C12H17Cl2NO2S/c1-3-18(16,17)11-6-4-10(5-7-11)15-12(2,8-13)9-14/h4-7,15H,3,8-9H2,1-2H3. The number of anilines is 1. The quantitative estimate of drug-likeness (QED) is 0.821. The lowest BCUT2D eigenvalue weighted by Gasteiger charge is -2.27. The van der Waals surface area contributed by atoms with Crippen molar-refractivity contribution in [2.75, 3.05) is 22.8 Å². The van der Waals surface area contributed by atoms with Crippen molar-refractivity contribution in [3.63, 3.8) is 0 Å². The van der Waals surface area contributed by atoms with E-state index in [1.165, 1.54) is 0 Å². The van der Waals surface area contributed by atoms with Crippen molar-refractivity contribution >= 4 is 38.7 Å². The molecule has 102 valence electrons. The summed E-state index contributed by atoms with van der Waals surface area (Å²) in [5.74, 6) is 0.831. The smallest absolute Gasteiger partial charge is 0.178 e. The highest BCUT2D eigenvalue weighted by atomic mass is 35.5. The zero-order valence-electron chi connectivity index (χ0n) is 10.4. The molecule has 3 nitrogen and oxygen atoms in total. The van der Waals surface area contributed by atoms with Gasteiger partial charge >= 0.3 is 0 Å². The average molecular weight is 310 g/mol. The van der Waals surface area contributed by atoms with E-state index in [1.54, 1.807) is 31.2 Å². The Kier molecular flexibility index (Phi) is 5.32. The number of benzene rings is 1.